The molecule has 0 unspecified atom stereocenters. The number of aliphatic imine (C=N–C) groups is 1. The van der Waals surface area contributed by atoms with Gasteiger partial charge in [-0.2, -0.15) is 5.26 Å². The van der Waals surface area contributed by atoms with Gasteiger partial charge in [0.2, 0.25) is 0 Å². The second-order valence-corrected chi connectivity index (χ2v) is 13.2. The number of thiol groups is 1. The molecule has 1 saturated heterocycles. The molecule has 2 aliphatic heterocycles. The molecule has 0 bridgehead atoms. The number of carboxylic acid groups (broad SMARTS) is 1. The molecule has 2 amide bonds. The van der Waals surface area contributed by atoms with Crippen molar-refractivity contribution >= 4 is 33.8 Å². The normalized spacial score (nSPS) is 24.5. The van der Waals surface area contributed by atoms with Crippen LogP contribution in [0.5, 0.6) is 0 Å². The molecule has 2 atom stereocenters. The Kier molecular flexibility index (Phi) is 6.60. The Balaban J connectivity index is 1.80. The van der Waals surface area contributed by atoms with Crippen molar-refractivity contribution in [3.05, 3.63) is 52.7 Å². The van der Waals surface area contributed by atoms with E-state index in [1.807, 2.05) is 6.07 Å². The van der Waals surface area contributed by atoms with E-state index in [-0.39, 0.29) is 23.0 Å². The van der Waals surface area contributed by atoms with Crippen molar-refractivity contribution in [2.24, 2.45) is 4.99 Å². The topological polar surface area (TPSA) is 169 Å². The summed E-state index contributed by atoms with van der Waals surface area (Å²) in [6.45, 7) is 6.99. The molecular formula is C24H28FN7O4S. The first-order valence-corrected chi connectivity index (χ1v) is 13.4. The van der Waals surface area contributed by atoms with Gasteiger partial charge in [-0.25, -0.2) is 19.2 Å². The van der Waals surface area contributed by atoms with E-state index in [1.165, 1.54) is 18.3 Å². The minimum Gasteiger partial charge on any atom is -0.465 e. The Morgan fingerprint density at radius 2 is 2.03 bits per heavy atom. The molecule has 11 nitrogen and oxygen atoms in total. The summed E-state index contributed by atoms with van der Waals surface area (Å²) in [5, 5.41) is 22.6. The average molecular weight is 530 g/mol. The molecule has 4 heterocycles. The highest BCUT2D eigenvalue weighted by molar-refractivity contribution is 8.04. The lowest BCUT2D eigenvalue weighted by atomic mass is 9.88. The second-order valence-electron chi connectivity index (χ2n) is 9.80. The van der Waals surface area contributed by atoms with Crippen LogP contribution in [-0.2, 0) is 15.7 Å². The van der Waals surface area contributed by atoms with Crippen molar-refractivity contribution in [3.63, 3.8) is 0 Å². The zero-order valence-corrected chi connectivity index (χ0v) is 21.7. The summed E-state index contributed by atoms with van der Waals surface area (Å²) in [7, 11) is -3.38. The third-order valence-electron chi connectivity index (χ3n) is 7.06. The molecule has 4 rings (SSSR count). The maximum Gasteiger partial charge on any atom is 0.410 e. The summed E-state index contributed by atoms with van der Waals surface area (Å²) in [6, 6.07) is 5.89. The monoisotopic (exact) mass is 529 g/mol. The molecule has 196 valence electrons. The molecular weight excluding hydrogens is 501 g/mol. The first-order chi connectivity index (χ1) is 17.3. The maximum atomic E-state index is 15.3. The Morgan fingerprint density at radius 1 is 1.30 bits per heavy atom. The van der Waals surface area contributed by atoms with Gasteiger partial charge in [0, 0.05) is 12.7 Å². The van der Waals surface area contributed by atoms with Gasteiger partial charge < -0.3 is 10.4 Å². The van der Waals surface area contributed by atoms with Gasteiger partial charge in [-0.3, -0.25) is 24.0 Å². The Hall–Kier alpha value is -3.76. The Labute approximate surface area is 214 Å². The third-order valence-corrected chi connectivity index (χ3v) is 11.3. The average Bonchev–Trinajstić information content (AvgIpc) is 2.83. The van der Waals surface area contributed by atoms with Crippen LogP contribution in [-0.4, -0.2) is 53.7 Å². The molecule has 0 radical (unpaired) electrons. The smallest absolute Gasteiger partial charge is 0.410 e. The fourth-order valence-corrected chi connectivity index (χ4v) is 8.80. The summed E-state index contributed by atoms with van der Waals surface area (Å²) >= 11 is 0. The van der Waals surface area contributed by atoms with Crippen LogP contribution in [0.2, 0.25) is 0 Å². The molecule has 1 fully saturated rings. The van der Waals surface area contributed by atoms with E-state index >= 15 is 4.39 Å². The predicted octanol–water partition coefficient (Wildman–Crippen LogP) is 2.41. The number of nitriles is 1. The number of hydrogen-bond acceptors (Lipinski definition) is 7. The molecule has 4 N–H and O–H groups in total. The standard InChI is InChI=1S/C24H28FN7O4S/c1-13-10-14(11-26)12-27-18(13)20(33)30-17-8-7-15(25)19(29-17)24(4)16-6-5-9-28-37(16,36)23(2,3)21(32-24)31-22(34)35/h7-8,10,12,16,37H,5-6,9H2,1-4H3,(H,28,36)(H,31,32)(H,34,35)(H,29,30,33)/t16-,24-/m0/s1. The molecule has 0 spiro atoms. The summed E-state index contributed by atoms with van der Waals surface area (Å²) < 4.78 is 31.7. The lowest BCUT2D eigenvalue weighted by molar-refractivity contribution is 0.102. The summed E-state index contributed by atoms with van der Waals surface area (Å²) in [5.74, 6) is -1.38. The van der Waals surface area contributed by atoms with Gasteiger partial charge in [-0.1, -0.05) is 0 Å². The van der Waals surface area contributed by atoms with Gasteiger partial charge in [0.25, 0.3) is 5.91 Å². The number of amidine groups is 1. The highest BCUT2D eigenvalue weighted by Crippen LogP contribution is 2.48. The van der Waals surface area contributed by atoms with Gasteiger partial charge in [-0.05, 0) is 74.4 Å². The number of amides is 2. The van der Waals surface area contributed by atoms with Crippen molar-refractivity contribution in [2.75, 3.05) is 11.9 Å². The molecule has 2 aromatic rings. The number of halogens is 1. The number of rotatable bonds is 3. The summed E-state index contributed by atoms with van der Waals surface area (Å²) in [4.78, 5) is 37.5. The zero-order chi connectivity index (χ0) is 27.2. The van der Waals surface area contributed by atoms with E-state index in [0.717, 1.165) is 6.07 Å². The van der Waals surface area contributed by atoms with Crippen molar-refractivity contribution in [1.82, 2.24) is 20.0 Å². The minimum atomic E-state index is -3.38. The first-order valence-electron chi connectivity index (χ1n) is 11.6. The zero-order valence-electron chi connectivity index (χ0n) is 20.8. The second kappa shape index (κ2) is 9.28. The Morgan fingerprint density at radius 3 is 2.68 bits per heavy atom. The number of hydrogen-bond donors (Lipinski definition) is 5. The number of pyridine rings is 2. The van der Waals surface area contributed by atoms with E-state index in [0.29, 0.717) is 30.5 Å². The summed E-state index contributed by atoms with van der Waals surface area (Å²) in [5.41, 5.74) is -0.806. The predicted molar refractivity (Wildman–Crippen MR) is 136 cm³/mol. The number of nitrogens with one attached hydrogen (secondary N) is 3. The van der Waals surface area contributed by atoms with Crippen LogP contribution in [0.4, 0.5) is 15.0 Å². The van der Waals surface area contributed by atoms with Gasteiger partial charge >= 0.3 is 6.09 Å². The van der Waals surface area contributed by atoms with Gasteiger partial charge in [0.05, 0.1) is 15.6 Å². The first kappa shape index (κ1) is 26.3. The van der Waals surface area contributed by atoms with Crippen LogP contribution < -0.4 is 15.4 Å². The highest BCUT2D eigenvalue weighted by Gasteiger charge is 2.58. The highest BCUT2D eigenvalue weighted by atomic mass is 32.3. The number of anilines is 1. The van der Waals surface area contributed by atoms with Gasteiger partial charge in [-0.15, -0.1) is 0 Å². The molecule has 0 aromatic carbocycles. The van der Waals surface area contributed by atoms with E-state index in [4.69, 9.17) is 5.26 Å². The number of fused-ring (bicyclic) bond motifs is 1. The summed E-state index contributed by atoms with van der Waals surface area (Å²) in [6.07, 6.45) is 1.02. The number of aromatic nitrogens is 2. The van der Waals surface area contributed by atoms with Crippen LogP contribution >= 0.6 is 0 Å². The van der Waals surface area contributed by atoms with Crippen LogP contribution in [0.3, 0.4) is 0 Å². The van der Waals surface area contributed by atoms with Crippen molar-refractivity contribution in [3.8, 4) is 6.07 Å². The van der Waals surface area contributed by atoms with E-state index < -0.39 is 43.5 Å². The molecule has 0 saturated carbocycles. The SMILES string of the molecule is Cc1cc(C#N)cnc1C(=O)Nc1ccc(F)c([C@@]2(C)N=C(NC(=O)O)C(C)(C)[SH]3(=O)NCCC[C@@H]23)n1. The maximum absolute atomic E-state index is 15.3. The lowest BCUT2D eigenvalue weighted by Crippen LogP contribution is -2.70. The van der Waals surface area contributed by atoms with Gasteiger partial charge in [0.15, 0.2) is 0 Å². The van der Waals surface area contributed by atoms with Crippen LogP contribution in [0.25, 0.3) is 0 Å². The fraction of sp³-hybridized carbons (Fsp3) is 0.417. The largest absolute Gasteiger partial charge is 0.465 e. The van der Waals surface area contributed by atoms with Crippen LogP contribution in [0.1, 0.15) is 60.9 Å². The molecule has 2 aromatic heterocycles. The number of aryl methyl sites for hydroxylation is 1. The van der Waals surface area contributed by atoms with Crippen LogP contribution in [0, 0.1) is 24.1 Å². The molecule has 13 heteroatoms. The number of nitrogens with zero attached hydrogens (tertiary/aromatic N) is 4. The molecule has 0 aliphatic carbocycles. The number of carbonyl (C=O) groups is 2. The van der Waals surface area contributed by atoms with E-state index in [2.05, 4.69) is 30.3 Å². The molecule has 37 heavy (non-hydrogen) atoms. The quantitative estimate of drug-likeness (QED) is 0.380. The lowest BCUT2D eigenvalue weighted by Gasteiger charge is -2.56. The Bertz CT molecular complexity index is 1420. The van der Waals surface area contributed by atoms with Crippen molar-refractivity contribution in [1.29, 1.82) is 5.26 Å². The van der Waals surface area contributed by atoms with Crippen molar-refractivity contribution < 1.29 is 23.3 Å². The van der Waals surface area contributed by atoms with Crippen molar-refractivity contribution in [2.45, 2.75) is 56.1 Å². The number of carbonyl (C=O) groups excluding carboxylic acids is 1. The van der Waals surface area contributed by atoms with E-state index in [9.17, 15) is 18.9 Å². The third kappa shape index (κ3) is 4.36. The molecule has 2 aliphatic rings. The minimum absolute atomic E-state index is 0.0135. The van der Waals surface area contributed by atoms with E-state index in [1.54, 1.807) is 27.7 Å². The van der Waals surface area contributed by atoms with Crippen LogP contribution in [0.15, 0.2) is 29.4 Å². The van der Waals surface area contributed by atoms with Gasteiger partial charge in [0.1, 0.15) is 40.5 Å². The fourth-order valence-electron chi connectivity index (χ4n) is 5.06.